The standard InChI is InChI=1S/C17H15N3O5S/c1-8(26-2)14(15(18)21)19-16(22)11-5-3-4-9-6-10(20(24)25)7-12(13(9)11)17(19)23/h3-8,14H,1-2H3,(H2,18,21). The maximum Gasteiger partial charge on any atom is 0.270 e. The highest BCUT2D eigenvalue weighted by atomic mass is 32.2. The minimum Gasteiger partial charge on any atom is -0.368 e. The van der Waals surface area contributed by atoms with Gasteiger partial charge in [-0.15, -0.1) is 0 Å². The Kier molecular flexibility index (Phi) is 4.41. The number of amides is 3. The smallest absolute Gasteiger partial charge is 0.270 e. The van der Waals surface area contributed by atoms with Crippen molar-refractivity contribution in [3.8, 4) is 0 Å². The van der Waals surface area contributed by atoms with E-state index in [-0.39, 0.29) is 16.8 Å². The van der Waals surface area contributed by atoms with Gasteiger partial charge in [-0.3, -0.25) is 29.4 Å². The first-order chi connectivity index (χ1) is 12.3. The number of nitro benzene ring substituents is 1. The molecule has 2 N–H and O–H groups in total. The van der Waals surface area contributed by atoms with Crippen molar-refractivity contribution >= 4 is 45.9 Å². The quantitative estimate of drug-likeness (QED) is 0.485. The maximum atomic E-state index is 13.0. The van der Waals surface area contributed by atoms with E-state index in [0.29, 0.717) is 10.8 Å². The number of nitrogens with zero attached hydrogens (tertiary/aromatic N) is 2. The molecule has 1 aliphatic rings. The Bertz CT molecular complexity index is 974. The number of imide groups is 1. The van der Waals surface area contributed by atoms with Crippen LogP contribution in [0.2, 0.25) is 0 Å². The first kappa shape index (κ1) is 17.9. The molecule has 8 nitrogen and oxygen atoms in total. The fourth-order valence-electron chi connectivity index (χ4n) is 3.17. The summed E-state index contributed by atoms with van der Waals surface area (Å²) in [4.78, 5) is 49.4. The highest BCUT2D eigenvalue weighted by Gasteiger charge is 2.42. The van der Waals surface area contributed by atoms with Crippen molar-refractivity contribution in [3.63, 3.8) is 0 Å². The molecular formula is C17H15N3O5S. The molecule has 26 heavy (non-hydrogen) atoms. The van der Waals surface area contributed by atoms with E-state index in [4.69, 9.17) is 5.73 Å². The average molecular weight is 373 g/mol. The van der Waals surface area contributed by atoms with Crippen molar-refractivity contribution in [1.82, 2.24) is 4.90 Å². The number of carbonyl (C=O) groups is 3. The van der Waals surface area contributed by atoms with Crippen molar-refractivity contribution in [3.05, 3.63) is 51.6 Å². The molecule has 2 atom stereocenters. The van der Waals surface area contributed by atoms with Crippen molar-refractivity contribution in [2.24, 2.45) is 5.73 Å². The molecule has 2 aromatic rings. The lowest BCUT2D eigenvalue weighted by Gasteiger charge is -2.34. The van der Waals surface area contributed by atoms with E-state index in [9.17, 15) is 24.5 Å². The Hall–Kier alpha value is -2.94. The van der Waals surface area contributed by atoms with Gasteiger partial charge < -0.3 is 5.73 Å². The second-order valence-corrected chi connectivity index (χ2v) is 7.14. The highest BCUT2D eigenvalue weighted by molar-refractivity contribution is 7.99. The van der Waals surface area contributed by atoms with Gasteiger partial charge in [-0.1, -0.05) is 19.1 Å². The van der Waals surface area contributed by atoms with Gasteiger partial charge in [0.25, 0.3) is 17.5 Å². The number of hydrogen-bond donors (Lipinski definition) is 1. The molecule has 1 heterocycles. The van der Waals surface area contributed by atoms with Crippen molar-refractivity contribution in [2.45, 2.75) is 18.2 Å². The topological polar surface area (TPSA) is 124 Å². The molecule has 9 heteroatoms. The van der Waals surface area contributed by atoms with Gasteiger partial charge in [0.2, 0.25) is 5.91 Å². The average Bonchev–Trinajstić information content (AvgIpc) is 2.61. The summed E-state index contributed by atoms with van der Waals surface area (Å²) in [7, 11) is 0. The Labute approximate surface area is 152 Å². The van der Waals surface area contributed by atoms with Crippen molar-refractivity contribution in [2.75, 3.05) is 6.26 Å². The van der Waals surface area contributed by atoms with Crippen LogP contribution in [0.1, 0.15) is 27.6 Å². The number of hydrogen-bond acceptors (Lipinski definition) is 6. The lowest BCUT2D eigenvalue weighted by Crippen LogP contribution is -2.56. The van der Waals surface area contributed by atoms with E-state index in [1.54, 1.807) is 25.3 Å². The lowest BCUT2D eigenvalue weighted by molar-refractivity contribution is -0.384. The molecule has 3 rings (SSSR count). The Morgan fingerprint density at radius 2 is 1.88 bits per heavy atom. The number of nitrogens with two attached hydrogens (primary N) is 1. The Morgan fingerprint density at radius 3 is 2.46 bits per heavy atom. The molecule has 0 saturated carbocycles. The summed E-state index contributed by atoms with van der Waals surface area (Å²) < 4.78 is 0. The monoisotopic (exact) mass is 373 g/mol. The van der Waals surface area contributed by atoms with Crippen molar-refractivity contribution in [1.29, 1.82) is 0 Å². The van der Waals surface area contributed by atoms with Gasteiger partial charge in [0, 0.05) is 28.3 Å². The third kappa shape index (κ3) is 2.60. The summed E-state index contributed by atoms with van der Waals surface area (Å²) in [5.41, 5.74) is 5.43. The third-order valence-electron chi connectivity index (χ3n) is 4.46. The predicted molar refractivity (Wildman–Crippen MR) is 97.1 cm³/mol. The molecule has 0 spiro atoms. The van der Waals surface area contributed by atoms with E-state index in [1.165, 1.54) is 23.9 Å². The van der Waals surface area contributed by atoms with Crippen LogP contribution < -0.4 is 5.73 Å². The fourth-order valence-corrected chi connectivity index (χ4v) is 3.68. The number of rotatable bonds is 5. The van der Waals surface area contributed by atoms with Crippen molar-refractivity contribution < 1.29 is 19.3 Å². The van der Waals surface area contributed by atoms with E-state index < -0.39 is 33.9 Å². The molecule has 0 radical (unpaired) electrons. The summed E-state index contributed by atoms with van der Waals surface area (Å²) in [5, 5.41) is 11.5. The zero-order chi connectivity index (χ0) is 19.2. The van der Waals surface area contributed by atoms with Gasteiger partial charge in [0.1, 0.15) is 6.04 Å². The molecule has 0 saturated heterocycles. The Balaban J connectivity index is 2.28. The van der Waals surface area contributed by atoms with Gasteiger partial charge in [0.05, 0.1) is 10.5 Å². The normalized spacial score (nSPS) is 15.8. The van der Waals surface area contributed by atoms with Gasteiger partial charge in [0.15, 0.2) is 0 Å². The number of benzene rings is 2. The van der Waals surface area contributed by atoms with Crippen LogP contribution in [0.25, 0.3) is 10.8 Å². The number of non-ortho nitro benzene ring substituents is 1. The number of nitro groups is 1. The van der Waals surface area contributed by atoms with Gasteiger partial charge in [-0.05, 0) is 17.7 Å². The number of primary amides is 1. The van der Waals surface area contributed by atoms with E-state index in [0.717, 1.165) is 11.0 Å². The van der Waals surface area contributed by atoms with Gasteiger partial charge >= 0.3 is 0 Å². The van der Waals surface area contributed by atoms with Gasteiger partial charge in [-0.2, -0.15) is 11.8 Å². The van der Waals surface area contributed by atoms with Crippen LogP contribution in [0.5, 0.6) is 0 Å². The van der Waals surface area contributed by atoms with E-state index in [2.05, 4.69) is 0 Å². The second kappa shape index (κ2) is 6.41. The van der Waals surface area contributed by atoms with Crippen LogP contribution in [-0.4, -0.2) is 45.1 Å². The third-order valence-corrected chi connectivity index (χ3v) is 5.46. The maximum absolute atomic E-state index is 13.0. The molecular weight excluding hydrogens is 358 g/mol. The molecule has 0 aromatic heterocycles. The van der Waals surface area contributed by atoms with Crippen LogP contribution in [0.3, 0.4) is 0 Å². The van der Waals surface area contributed by atoms with E-state index in [1.807, 2.05) is 0 Å². The molecule has 0 fully saturated rings. The van der Waals surface area contributed by atoms with E-state index >= 15 is 0 Å². The summed E-state index contributed by atoms with van der Waals surface area (Å²) in [6, 6.07) is 5.99. The summed E-state index contributed by atoms with van der Waals surface area (Å²) in [6.07, 6.45) is 1.74. The zero-order valence-corrected chi connectivity index (χ0v) is 14.8. The van der Waals surface area contributed by atoms with Crippen LogP contribution in [-0.2, 0) is 4.79 Å². The molecule has 134 valence electrons. The fraction of sp³-hybridized carbons (Fsp3) is 0.235. The van der Waals surface area contributed by atoms with Gasteiger partial charge in [-0.25, -0.2) is 0 Å². The van der Waals surface area contributed by atoms with Crippen LogP contribution in [0.15, 0.2) is 30.3 Å². The highest BCUT2D eigenvalue weighted by Crippen LogP contribution is 2.35. The predicted octanol–water partition coefficient (Wildman–Crippen LogP) is 1.95. The zero-order valence-electron chi connectivity index (χ0n) is 14.0. The molecule has 0 aliphatic carbocycles. The Morgan fingerprint density at radius 1 is 1.23 bits per heavy atom. The first-order valence-electron chi connectivity index (χ1n) is 7.69. The minimum atomic E-state index is -1.16. The first-order valence-corrected chi connectivity index (χ1v) is 8.98. The summed E-state index contributed by atoms with van der Waals surface area (Å²) in [5.74, 6) is -2.20. The minimum absolute atomic E-state index is 0.0175. The molecule has 2 aromatic carbocycles. The number of carbonyl (C=O) groups excluding carboxylic acids is 3. The SMILES string of the molecule is CSC(C)C(C(N)=O)N1C(=O)c2cccc3cc([N+](=O)[O-])cc(c23)C1=O. The summed E-state index contributed by atoms with van der Waals surface area (Å²) in [6.45, 7) is 1.68. The molecule has 1 aliphatic heterocycles. The second-order valence-electron chi connectivity index (χ2n) is 5.92. The largest absolute Gasteiger partial charge is 0.368 e. The molecule has 2 unspecified atom stereocenters. The van der Waals surface area contributed by atoms with Crippen LogP contribution in [0, 0.1) is 10.1 Å². The lowest BCUT2D eigenvalue weighted by atomic mass is 9.92. The van der Waals surface area contributed by atoms with Crippen LogP contribution >= 0.6 is 11.8 Å². The molecule has 3 amide bonds. The number of thioether (sulfide) groups is 1. The summed E-state index contributed by atoms with van der Waals surface area (Å²) >= 11 is 1.29. The molecule has 0 bridgehead atoms. The van der Waals surface area contributed by atoms with Crippen LogP contribution in [0.4, 0.5) is 5.69 Å².